The molecule has 1 atom stereocenters. The number of nitrogens with one attached hydrogen (secondary N) is 1. The van der Waals surface area contributed by atoms with Gasteiger partial charge in [-0.1, -0.05) is 19.3 Å². The first kappa shape index (κ1) is 14.0. The zero-order valence-corrected chi connectivity index (χ0v) is 11.3. The van der Waals surface area contributed by atoms with Crippen molar-refractivity contribution in [3.8, 4) is 0 Å². The van der Waals surface area contributed by atoms with Crippen LogP contribution in [0.15, 0.2) is 12.7 Å². The Balaban J connectivity index is 1.75. The number of aromatic nitrogens is 3. The summed E-state index contributed by atoms with van der Waals surface area (Å²) in [6, 6.07) is 0.128. The van der Waals surface area contributed by atoms with E-state index < -0.39 is 0 Å². The first-order valence-electron chi connectivity index (χ1n) is 7.11. The van der Waals surface area contributed by atoms with E-state index in [0.29, 0.717) is 25.4 Å². The van der Waals surface area contributed by atoms with Gasteiger partial charge in [0.25, 0.3) is 0 Å². The van der Waals surface area contributed by atoms with Crippen molar-refractivity contribution in [2.75, 3.05) is 6.54 Å². The highest BCUT2D eigenvalue weighted by Crippen LogP contribution is 2.26. The fourth-order valence-corrected chi connectivity index (χ4v) is 2.75. The van der Waals surface area contributed by atoms with Gasteiger partial charge in [0.2, 0.25) is 5.91 Å². The van der Waals surface area contributed by atoms with Gasteiger partial charge in [-0.25, -0.2) is 4.98 Å². The summed E-state index contributed by atoms with van der Waals surface area (Å²) < 4.78 is 1.66. The second-order valence-electron chi connectivity index (χ2n) is 5.22. The molecule has 0 bridgehead atoms. The van der Waals surface area contributed by atoms with Gasteiger partial charge in [-0.3, -0.25) is 9.48 Å². The number of amides is 1. The number of carbonyl (C=O) groups excluding carboxylic acids is 1. The molecule has 1 fully saturated rings. The van der Waals surface area contributed by atoms with Crippen molar-refractivity contribution >= 4 is 5.91 Å². The largest absolute Gasteiger partial charge is 0.352 e. The van der Waals surface area contributed by atoms with Crippen LogP contribution in [-0.2, 0) is 11.3 Å². The quantitative estimate of drug-likeness (QED) is 0.792. The van der Waals surface area contributed by atoms with E-state index in [9.17, 15) is 4.79 Å². The Morgan fingerprint density at radius 3 is 2.84 bits per heavy atom. The molecule has 2 rings (SSSR count). The maximum Gasteiger partial charge on any atom is 0.222 e. The van der Waals surface area contributed by atoms with Crippen molar-refractivity contribution in [3.63, 3.8) is 0 Å². The summed E-state index contributed by atoms with van der Waals surface area (Å²) in [7, 11) is 0. The Morgan fingerprint density at radius 2 is 2.21 bits per heavy atom. The lowest BCUT2D eigenvalue weighted by molar-refractivity contribution is -0.122. The van der Waals surface area contributed by atoms with Crippen LogP contribution in [0, 0.1) is 5.92 Å². The van der Waals surface area contributed by atoms with Crippen molar-refractivity contribution in [2.45, 2.75) is 51.1 Å². The van der Waals surface area contributed by atoms with Crippen LogP contribution in [0.25, 0.3) is 0 Å². The van der Waals surface area contributed by atoms with E-state index in [4.69, 9.17) is 5.73 Å². The Labute approximate surface area is 113 Å². The molecule has 19 heavy (non-hydrogen) atoms. The van der Waals surface area contributed by atoms with Gasteiger partial charge >= 0.3 is 0 Å². The molecule has 6 heteroatoms. The number of aryl methyl sites for hydroxylation is 1. The molecule has 0 spiro atoms. The van der Waals surface area contributed by atoms with Crippen LogP contribution in [0.1, 0.15) is 38.5 Å². The van der Waals surface area contributed by atoms with E-state index in [2.05, 4.69) is 15.4 Å². The lowest BCUT2D eigenvalue weighted by Crippen LogP contribution is -2.46. The highest BCUT2D eigenvalue weighted by molar-refractivity contribution is 5.76. The van der Waals surface area contributed by atoms with Crippen molar-refractivity contribution in [1.29, 1.82) is 0 Å². The van der Waals surface area contributed by atoms with E-state index in [1.807, 2.05) is 0 Å². The zero-order chi connectivity index (χ0) is 13.5. The minimum Gasteiger partial charge on any atom is -0.352 e. The maximum absolute atomic E-state index is 11.9. The molecule has 1 unspecified atom stereocenters. The van der Waals surface area contributed by atoms with Gasteiger partial charge in [-0.05, 0) is 18.8 Å². The summed E-state index contributed by atoms with van der Waals surface area (Å²) in [6.45, 7) is 1.09. The standard InChI is InChI=1S/C13H23N5O/c14-8-12(11-4-2-1-3-5-11)17-13(19)6-7-18-10-15-9-16-18/h9-12H,1-8,14H2,(H,17,19). The minimum atomic E-state index is 0.0523. The third-order valence-corrected chi connectivity index (χ3v) is 3.85. The molecule has 0 radical (unpaired) electrons. The van der Waals surface area contributed by atoms with E-state index >= 15 is 0 Å². The van der Waals surface area contributed by atoms with Crippen LogP contribution >= 0.6 is 0 Å². The number of hydrogen-bond acceptors (Lipinski definition) is 4. The van der Waals surface area contributed by atoms with Gasteiger partial charge in [-0.2, -0.15) is 5.10 Å². The predicted molar refractivity (Wildman–Crippen MR) is 72.2 cm³/mol. The van der Waals surface area contributed by atoms with Crippen molar-refractivity contribution < 1.29 is 4.79 Å². The molecule has 1 aromatic heterocycles. The molecule has 1 aromatic rings. The van der Waals surface area contributed by atoms with E-state index in [1.165, 1.54) is 38.4 Å². The fourth-order valence-electron chi connectivity index (χ4n) is 2.75. The molecule has 1 aliphatic carbocycles. The van der Waals surface area contributed by atoms with Crippen LogP contribution in [-0.4, -0.2) is 33.3 Å². The van der Waals surface area contributed by atoms with Gasteiger partial charge in [0, 0.05) is 19.0 Å². The second kappa shape index (κ2) is 7.23. The Kier molecular flexibility index (Phi) is 5.32. The van der Waals surface area contributed by atoms with Gasteiger partial charge < -0.3 is 11.1 Å². The molecule has 0 saturated heterocycles. The van der Waals surface area contributed by atoms with Crippen LogP contribution < -0.4 is 11.1 Å². The Morgan fingerprint density at radius 1 is 1.42 bits per heavy atom. The number of carbonyl (C=O) groups is 1. The summed E-state index contributed by atoms with van der Waals surface area (Å²) in [4.78, 5) is 15.8. The first-order chi connectivity index (χ1) is 9.29. The summed E-state index contributed by atoms with van der Waals surface area (Å²) in [5.74, 6) is 0.602. The Bertz CT molecular complexity index is 372. The van der Waals surface area contributed by atoms with Crippen LogP contribution in [0.4, 0.5) is 0 Å². The monoisotopic (exact) mass is 265 g/mol. The molecule has 106 valence electrons. The molecular formula is C13H23N5O. The molecule has 3 N–H and O–H groups in total. The van der Waals surface area contributed by atoms with Gasteiger partial charge in [-0.15, -0.1) is 0 Å². The second-order valence-corrected chi connectivity index (χ2v) is 5.22. The number of nitrogens with zero attached hydrogens (tertiary/aromatic N) is 3. The molecule has 1 amide bonds. The summed E-state index contributed by atoms with van der Waals surface area (Å²) in [5.41, 5.74) is 5.80. The van der Waals surface area contributed by atoms with Crippen molar-refractivity contribution in [3.05, 3.63) is 12.7 Å². The highest BCUT2D eigenvalue weighted by atomic mass is 16.1. The molecule has 1 heterocycles. The average Bonchev–Trinajstić information content (AvgIpc) is 2.97. The van der Waals surface area contributed by atoms with Gasteiger partial charge in [0.15, 0.2) is 0 Å². The van der Waals surface area contributed by atoms with E-state index in [0.717, 1.165) is 0 Å². The molecule has 1 aliphatic rings. The van der Waals surface area contributed by atoms with Gasteiger partial charge in [0.1, 0.15) is 12.7 Å². The lowest BCUT2D eigenvalue weighted by atomic mass is 9.84. The summed E-state index contributed by atoms with van der Waals surface area (Å²) >= 11 is 0. The van der Waals surface area contributed by atoms with E-state index in [-0.39, 0.29) is 11.9 Å². The third kappa shape index (κ3) is 4.31. The molecular weight excluding hydrogens is 242 g/mol. The van der Waals surface area contributed by atoms with Crippen molar-refractivity contribution in [2.24, 2.45) is 11.7 Å². The maximum atomic E-state index is 11.9. The Hall–Kier alpha value is -1.43. The number of nitrogens with two attached hydrogens (primary N) is 1. The van der Waals surface area contributed by atoms with Crippen LogP contribution in [0.2, 0.25) is 0 Å². The fraction of sp³-hybridized carbons (Fsp3) is 0.769. The zero-order valence-electron chi connectivity index (χ0n) is 11.3. The predicted octanol–water partition coefficient (Wildman–Crippen LogP) is 0.692. The lowest BCUT2D eigenvalue weighted by Gasteiger charge is -2.30. The normalized spacial score (nSPS) is 18.2. The molecule has 0 aliphatic heterocycles. The topological polar surface area (TPSA) is 85.8 Å². The van der Waals surface area contributed by atoms with Crippen molar-refractivity contribution in [1.82, 2.24) is 20.1 Å². The minimum absolute atomic E-state index is 0.0523. The van der Waals surface area contributed by atoms with Gasteiger partial charge in [0.05, 0.1) is 6.54 Å². The first-order valence-corrected chi connectivity index (χ1v) is 7.11. The summed E-state index contributed by atoms with van der Waals surface area (Å²) in [6.07, 6.45) is 9.72. The highest BCUT2D eigenvalue weighted by Gasteiger charge is 2.23. The number of rotatable bonds is 6. The SMILES string of the molecule is NCC(NC(=O)CCn1cncn1)C1CCCCC1. The average molecular weight is 265 g/mol. The smallest absolute Gasteiger partial charge is 0.222 e. The number of hydrogen-bond donors (Lipinski definition) is 2. The molecule has 1 saturated carbocycles. The van der Waals surface area contributed by atoms with Crippen LogP contribution in [0.5, 0.6) is 0 Å². The van der Waals surface area contributed by atoms with E-state index in [1.54, 1.807) is 11.0 Å². The van der Waals surface area contributed by atoms with Crippen LogP contribution in [0.3, 0.4) is 0 Å². The molecule has 0 aromatic carbocycles. The molecule has 6 nitrogen and oxygen atoms in total. The summed E-state index contributed by atoms with van der Waals surface area (Å²) in [5, 5.41) is 7.05. The third-order valence-electron chi connectivity index (χ3n) is 3.85.